The second-order valence-electron chi connectivity index (χ2n) is 5.38. The van der Waals surface area contributed by atoms with E-state index in [-0.39, 0.29) is 30.3 Å². The number of aliphatic hydroxyl groups excluding tert-OH is 1. The van der Waals surface area contributed by atoms with Gasteiger partial charge in [0.05, 0.1) is 18.2 Å². The number of nitrogens with zero attached hydrogens (tertiary/aromatic N) is 5. The molecular weight excluding hydrogens is 330 g/mol. The molecule has 0 aliphatic carbocycles. The number of amides is 1. The number of hydrogen-bond donors (Lipinski definition) is 1. The van der Waals surface area contributed by atoms with Gasteiger partial charge < -0.3 is 10.0 Å². The molecule has 0 bridgehead atoms. The van der Waals surface area contributed by atoms with Gasteiger partial charge in [0.2, 0.25) is 11.1 Å². The average Bonchev–Trinajstić information content (AvgIpc) is 3.02. The summed E-state index contributed by atoms with van der Waals surface area (Å²) in [6, 6.07) is 9.38. The quantitative estimate of drug-likeness (QED) is 0.548. The second-order valence-corrected chi connectivity index (χ2v) is 6.37. The Morgan fingerprint density at radius 1 is 1.29 bits per heavy atom. The first-order chi connectivity index (χ1) is 11.5. The van der Waals surface area contributed by atoms with Crippen LogP contribution < -0.4 is 0 Å². The second kappa shape index (κ2) is 8.55. The number of benzene rings is 1. The van der Waals surface area contributed by atoms with E-state index in [2.05, 4.69) is 15.5 Å². The van der Waals surface area contributed by atoms with Crippen LogP contribution in [0.1, 0.15) is 12.8 Å². The minimum Gasteiger partial charge on any atom is -0.392 e. The third-order valence-corrected chi connectivity index (χ3v) is 4.22. The molecule has 1 unspecified atom stereocenters. The third-order valence-electron chi connectivity index (χ3n) is 3.16. The number of ketones is 1. The van der Waals surface area contributed by atoms with Crippen molar-refractivity contribution in [3.05, 3.63) is 30.3 Å². The molecule has 2 rings (SSSR count). The maximum absolute atomic E-state index is 11.8. The Hall–Kier alpha value is -2.26. The smallest absolute Gasteiger partial charge is 0.229 e. The molecule has 1 heterocycles. The number of aliphatic hydroxyl groups is 1. The molecule has 8 nitrogen and oxygen atoms in total. The van der Waals surface area contributed by atoms with Gasteiger partial charge in [-0.25, -0.2) is 0 Å². The first-order valence-electron chi connectivity index (χ1n) is 7.34. The SMILES string of the molecule is CN(C)C(=O)CC(=O)CC(O)CSc1nnnn1-c1ccccc1. The predicted molar refractivity (Wildman–Crippen MR) is 88.8 cm³/mol. The number of rotatable bonds is 8. The van der Waals surface area contributed by atoms with Gasteiger partial charge in [-0.1, -0.05) is 30.0 Å². The van der Waals surface area contributed by atoms with Crippen molar-refractivity contribution in [2.45, 2.75) is 24.1 Å². The van der Waals surface area contributed by atoms with Gasteiger partial charge in [-0.15, -0.1) is 5.10 Å². The molecule has 1 aromatic heterocycles. The zero-order valence-corrected chi connectivity index (χ0v) is 14.3. The van der Waals surface area contributed by atoms with Crippen molar-refractivity contribution >= 4 is 23.5 Å². The summed E-state index contributed by atoms with van der Waals surface area (Å²) in [6.45, 7) is 0. The lowest BCUT2D eigenvalue weighted by molar-refractivity contribution is -0.133. The number of tetrazole rings is 1. The highest BCUT2D eigenvalue weighted by Crippen LogP contribution is 2.19. The summed E-state index contributed by atoms with van der Waals surface area (Å²) in [7, 11) is 3.18. The molecule has 0 saturated heterocycles. The van der Waals surface area contributed by atoms with E-state index in [4.69, 9.17) is 0 Å². The van der Waals surface area contributed by atoms with Crippen LogP contribution in [0.3, 0.4) is 0 Å². The summed E-state index contributed by atoms with van der Waals surface area (Å²) < 4.78 is 1.56. The fourth-order valence-electron chi connectivity index (χ4n) is 1.89. The molecule has 0 spiro atoms. The molecule has 1 N–H and O–H groups in total. The average molecular weight is 349 g/mol. The molecule has 1 amide bonds. The molecule has 1 atom stereocenters. The summed E-state index contributed by atoms with van der Waals surface area (Å²) in [5, 5.41) is 22.0. The Kier molecular flexibility index (Phi) is 6.44. The predicted octanol–water partition coefficient (Wildman–Crippen LogP) is 0.553. The number of thioether (sulfide) groups is 1. The highest BCUT2D eigenvalue weighted by Gasteiger charge is 2.17. The molecular formula is C15H19N5O3S. The first kappa shape index (κ1) is 18.1. The van der Waals surface area contributed by atoms with Gasteiger partial charge in [-0.05, 0) is 22.6 Å². The number of para-hydroxylation sites is 1. The molecule has 9 heteroatoms. The van der Waals surface area contributed by atoms with Gasteiger partial charge in [0, 0.05) is 26.3 Å². The summed E-state index contributed by atoms with van der Waals surface area (Å²) in [5.41, 5.74) is 0.812. The van der Waals surface area contributed by atoms with Crippen molar-refractivity contribution in [3.63, 3.8) is 0 Å². The number of hydrogen-bond acceptors (Lipinski definition) is 7. The van der Waals surface area contributed by atoms with Gasteiger partial charge in [-0.3, -0.25) is 9.59 Å². The van der Waals surface area contributed by atoms with Crippen LogP contribution in [0.25, 0.3) is 5.69 Å². The third kappa shape index (κ3) is 5.14. The molecule has 0 aliphatic heterocycles. The Balaban J connectivity index is 1.87. The fraction of sp³-hybridized carbons (Fsp3) is 0.400. The molecule has 0 radical (unpaired) electrons. The topological polar surface area (TPSA) is 101 Å². The number of aromatic nitrogens is 4. The molecule has 0 aliphatic rings. The summed E-state index contributed by atoms with van der Waals surface area (Å²) >= 11 is 1.25. The molecule has 24 heavy (non-hydrogen) atoms. The number of Topliss-reactive ketones (excluding diaryl/α,β-unsaturated/α-hetero) is 1. The minimum absolute atomic E-state index is 0.0700. The van der Waals surface area contributed by atoms with Crippen molar-refractivity contribution in [3.8, 4) is 5.69 Å². The van der Waals surface area contributed by atoms with Gasteiger partial charge in [-0.2, -0.15) is 4.68 Å². The van der Waals surface area contributed by atoms with Crippen molar-refractivity contribution in [2.75, 3.05) is 19.8 Å². The maximum Gasteiger partial charge on any atom is 0.229 e. The zero-order chi connectivity index (χ0) is 17.5. The number of carbonyl (C=O) groups is 2. The fourth-order valence-corrected chi connectivity index (χ4v) is 2.71. The molecule has 1 aromatic carbocycles. The first-order valence-corrected chi connectivity index (χ1v) is 8.32. The van der Waals surface area contributed by atoms with E-state index in [0.29, 0.717) is 5.16 Å². The van der Waals surface area contributed by atoms with E-state index >= 15 is 0 Å². The van der Waals surface area contributed by atoms with Crippen LogP contribution in [0.15, 0.2) is 35.5 Å². The van der Waals surface area contributed by atoms with E-state index in [1.165, 1.54) is 16.7 Å². The van der Waals surface area contributed by atoms with Crippen molar-refractivity contribution in [1.82, 2.24) is 25.1 Å². The van der Waals surface area contributed by atoms with E-state index in [0.717, 1.165) is 5.69 Å². The maximum atomic E-state index is 11.8. The van der Waals surface area contributed by atoms with Crippen LogP contribution in [-0.4, -0.2) is 67.9 Å². The van der Waals surface area contributed by atoms with Crippen molar-refractivity contribution < 1.29 is 14.7 Å². The van der Waals surface area contributed by atoms with Gasteiger partial charge in [0.25, 0.3) is 0 Å². The Morgan fingerprint density at radius 2 is 2.00 bits per heavy atom. The normalized spacial score (nSPS) is 12.0. The van der Waals surface area contributed by atoms with E-state index in [1.807, 2.05) is 30.3 Å². The zero-order valence-electron chi connectivity index (χ0n) is 13.5. The highest BCUT2D eigenvalue weighted by atomic mass is 32.2. The van der Waals surface area contributed by atoms with Crippen LogP contribution in [0.4, 0.5) is 0 Å². The molecule has 0 saturated carbocycles. The van der Waals surface area contributed by atoms with Crippen LogP contribution in [0, 0.1) is 0 Å². The Bertz CT molecular complexity index is 689. The summed E-state index contributed by atoms with van der Waals surface area (Å²) in [6.07, 6.45) is -1.13. The van der Waals surface area contributed by atoms with Gasteiger partial charge in [0.15, 0.2) is 0 Å². The van der Waals surface area contributed by atoms with E-state index in [9.17, 15) is 14.7 Å². The summed E-state index contributed by atoms with van der Waals surface area (Å²) in [5.74, 6) is -0.299. The molecule has 128 valence electrons. The molecule has 0 fully saturated rings. The number of carbonyl (C=O) groups excluding carboxylic acids is 2. The Morgan fingerprint density at radius 3 is 2.67 bits per heavy atom. The van der Waals surface area contributed by atoms with Crippen LogP contribution >= 0.6 is 11.8 Å². The van der Waals surface area contributed by atoms with Crippen LogP contribution in [0.5, 0.6) is 0 Å². The summed E-state index contributed by atoms with van der Waals surface area (Å²) in [4.78, 5) is 24.6. The molecule has 2 aromatic rings. The van der Waals surface area contributed by atoms with Crippen LogP contribution in [-0.2, 0) is 9.59 Å². The van der Waals surface area contributed by atoms with E-state index < -0.39 is 6.10 Å². The standard InChI is InChI=1S/C15H19N5O3S/c1-19(2)14(23)9-12(21)8-13(22)10-24-15-16-17-18-20(15)11-6-4-3-5-7-11/h3-7,13,22H,8-10H2,1-2H3. The lowest BCUT2D eigenvalue weighted by Gasteiger charge is -2.11. The lowest BCUT2D eigenvalue weighted by Crippen LogP contribution is -2.26. The highest BCUT2D eigenvalue weighted by molar-refractivity contribution is 7.99. The van der Waals surface area contributed by atoms with Crippen molar-refractivity contribution in [2.24, 2.45) is 0 Å². The van der Waals surface area contributed by atoms with E-state index in [1.54, 1.807) is 18.8 Å². The largest absolute Gasteiger partial charge is 0.392 e. The Labute approximate surface area is 143 Å². The van der Waals surface area contributed by atoms with Crippen molar-refractivity contribution in [1.29, 1.82) is 0 Å². The van der Waals surface area contributed by atoms with Gasteiger partial charge >= 0.3 is 0 Å². The van der Waals surface area contributed by atoms with Gasteiger partial charge in [0.1, 0.15) is 5.78 Å². The monoisotopic (exact) mass is 349 g/mol. The minimum atomic E-state index is -0.863. The van der Waals surface area contributed by atoms with Crippen LogP contribution in [0.2, 0.25) is 0 Å². The lowest BCUT2D eigenvalue weighted by atomic mass is 10.1.